The van der Waals surface area contributed by atoms with E-state index in [2.05, 4.69) is 13.8 Å². The molecule has 0 radical (unpaired) electrons. The fourth-order valence-electron chi connectivity index (χ4n) is 2.02. The largest absolute Gasteiger partial charge is 0.338 e. The van der Waals surface area contributed by atoms with Gasteiger partial charge in [-0.1, -0.05) is 13.8 Å². The maximum absolute atomic E-state index is 11.7. The Bertz CT molecular complexity index is 189. The van der Waals surface area contributed by atoms with E-state index in [4.69, 9.17) is 5.73 Å². The molecule has 3 heteroatoms. The predicted octanol–water partition coefficient (Wildman–Crippen LogP) is 0.981. The van der Waals surface area contributed by atoms with E-state index in [9.17, 15) is 4.79 Å². The molecule has 1 aliphatic heterocycles. The van der Waals surface area contributed by atoms with Crippen LogP contribution in [0, 0.1) is 5.92 Å². The maximum atomic E-state index is 11.7. The molecule has 1 amide bonds. The highest BCUT2D eigenvalue weighted by atomic mass is 16.2. The van der Waals surface area contributed by atoms with E-state index in [-0.39, 0.29) is 11.9 Å². The van der Waals surface area contributed by atoms with Crippen LogP contribution in [0.2, 0.25) is 0 Å². The van der Waals surface area contributed by atoms with Crippen molar-refractivity contribution < 1.29 is 4.79 Å². The molecule has 1 rings (SSSR count). The number of carbonyl (C=O) groups is 1. The average molecular weight is 184 g/mol. The average Bonchev–Trinajstić information content (AvgIpc) is 2.50. The molecule has 0 spiro atoms. The fraction of sp³-hybridized carbons (Fsp3) is 0.900. The van der Waals surface area contributed by atoms with E-state index < -0.39 is 0 Å². The number of carbonyl (C=O) groups excluding carboxylic acids is 1. The summed E-state index contributed by atoms with van der Waals surface area (Å²) in [6, 6.07) is 0.0675. The second-order valence-electron chi connectivity index (χ2n) is 4.27. The van der Waals surface area contributed by atoms with E-state index in [0.29, 0.717) is 12.0 Å². The molecule has 1 saturated heterocycles. The van der Waals surface area contributed by atoms with Crippen LogP contribution < -0.4 is 5.73 Å². The van der Waals surface area contributed by atoms with Gasteiger partial charge in [0.2, 0.25) is 5.91 Å². The van der Waals surface area contributed by atoms with Crippen molar-refractivity contribution in [3.8, 4) is 0 Å². The molecular formula is C10H20N2O. The number of hydrogen-bond donors (Lipinski definition) is 1. The topological polar surface area (TPSA) is 46.3 Å². The molecule has 1 aliphatic rings. The van der Waals surface area contributed by atoms with Crippen molar-refractivity contribution >= 4 is 5.91 Å². The molecular weight excluding hydrogens is 164 g/mol. The Hall–Kier alpha value is -0.570. The Labute approximate surface area is 80.3 Å². The van der Waals surface area contributed by atoms with Gasteiger partial charge in [-0.2, -0.15) is 0 Å². The fourth-order valence-corrected chi connectivity index (χ4v) is 2.02. The van der Waals surface area contributed by atoms with Crippen LogP contribution in [-0.4, -0.2) is 29.4 Å². The van der Waals surface area contributed by atoms with Crippen molar-refractivity contribution in [3.63, 3.8) is 0 Å². The van der Waals surface area contributed by atoms with Gasteiger partial charge >= 0.3 is 0 Å². The molecule has 0 aromatic carbocycles. The van der Waals surface area contributed by atoms with Crippen LogP contribution in [0.3, 0.4) is 0 Å². The lowest BCUT2D eigenvalue weighted by Gasteiger charge is -2.28. The van der Waals surface area contributed by atoms with Crippen LogP contribution in [0.25, 0.3) is 0 Å². The van der Waals surface area contributed by atoms with Crippen molar-refractivity contribution in [2.45, 2.75) is 45.7 Å². The molecule has 0 saturated carbocycles. The van der Waals surface area contributed by atoms with Crippen LogP contribution in [-0.2, 0) is 4.79 Å². The Morgan fingerprint density at radius 2 is 2.08 bits per heavy atom. The summed E-state index contributed by atoms with van der Waals surface area (Å²) in [6.07, 6.45) is 2.26. The highest BCUT2D eigenvalue weighted by Gasteiger charge is 2.31. The van der Waals surface area contributed by atoms with Gasteiger partial charge in [-0.25, -0.2) is 0 Å². The third-order valence-corrected chi connectivity index (χ3v) is 2.74. The van der Waals surface area contributed by atoms with Gasteiger partial charge in [-0.05, 0) is 25.7 Å². The summed E-state index contributed by atoms with van der Waals surface area (Å²) in [6.45, 7) is 6.98. The summed E-state index contributed by atoms with van der Waals surface area (Å²) in [5, 5.41) is 0. The second-order valence-corrected chi connectivity index (χ2v) is 4.27. The lowest BCUT2D eigenvalue weighted by Crippen LogP contribution is -2.46. The molecule has 2 unspecified atom stereocenters. The minimum atomic E-state index is -0.348. The molecule has 76 valence electrons. The number of likely N-dealkylation sites (tertiary alicyclic amines) is 1. The SMILES string of the molecule is CC(N)C(=O)N1CCCC1C(C)C. The highest BCUT2D eigenvalue weighted by Crippen LogP contribution is 2.23. The Morgan fingerprint density at radius 1 is 1.46 bits per heavy atom. The molecule has 1 heterocycles. The quantitative estimate of drug-likeness (QED) is 0.695. The zero-order valence-corrected chi connectivity index (χ0v) is 8.79. The molecule has 0 bridgehead atoms. The number of rotatable bonds is 2. The zero-order valence-electron chi connectivity index (χ0n) is 8.79. The summed E-state index contributed by atoms with van der Waals surface area (Å²) in [4.78, 5) is 13.6. The first kappa shape index (κ1) is 10.5. The van der Waals surface area contributed by atoms with Gasteiger partial charge in [0.25, 0.3) is 0 Å². The van der Waals surface area contributed by atoms with E-state index in [1.807, 2.05) is 4.90 Å². The normalized spacial score (nSPS) is 25.3. The Balaban J connectivity index is 2.63. The molecule has 0 aliphatic carbocycles. The number of hydrogen-bond acceptors (Lipinski definition) is 2. The van der Waals surface area contributed by atoms with Gasteiger partial charge in [-0.3, -0.25) is 4.79 Å². The third-order valence-electron chi connectivity index (χ3n) is 2.74. The Morgan fingerprint density at radius 3 is 2.54 bits per heavy atom. The van der Waals surface area contributed by atoms with E-state index in [1.54, 1.807) is 6.92 Å². The molecule has 2 N–H and O–H groups in total. The number of amides is 1. The van der Waals surface area contributed by atoms with Crippen molar-refractivity contribution in [1.29, 1.82) is 0 Å². The molecule has 0 aromatic rings. The third kappa shape index (κ3) is 2.21. The van der Waals surface area contributed by atoms with E-state index >= 15 is 0 Å². The van der Waals surface area contributed by atoms with Gasteiger partial charge in [-0.15, -0.1) is 0 Å². The first-order chi connectivity index (χ1) is 6.04. The summed E-state index contributed by atoms with van der Waals surface area (Å²) in [5.74, 6) is 0.654. The molecule has 0 aromatic heterocycles. The van der Waals surface area contributed by atoms with Crippen LogP contribution in [0.15, 0.2) is 0 Å². The molecule has 2 atom stereocenters. The molecule has 1 fully saturated rings. The van der Waals surface area contributed by atoms with Gasteiger partial charge in [0.1, 0.15) is 0 Å². The first-order valence-corrected chi connectivity index (χ1v) is 5.10. The van der Waals surface area contributed by atoms with Gasteiger partial charge in [0.05, 0.1) is 6.04 Å². The number of nitrogens with zero attached hydrogens (tertiary/aromatic N) is 1. The van der Waals surface area contributed by atoms with Crippen LogP contribution in [0.4, 0.5) is 0 Å². The summed E-state index contributed by atoms with van der Waals surface area (Å²) in [7, 11) is 0. The van der Waals surface area contributed by atoms with Crippen LogP contribution >= 0.6 is 0 Å². The van der Waals surface area contributed by atoms with Gasteiger partial charge in [0.15, 0.2) is 0 Å². The monoisotopic (exact) mass is 184 g/mol. The molecule has 13 heavy (non-hydrogen) atoms. The van der Waals surface area contributed by atoms with Gasteiger partial charge < -0.3 is 10.6 Å². The van der Waals surface area contributed by atoms with Crippen LogP contribution in [0.1, 0.15) is 33.6 Å². The lowest BCUT2D eigenvalue weighted by molar-refractivity contribution is -0.133. The summed E-state index contributed by atoms with van der Waals surface area (Å²) < 4.78 is 0. The molecule has 3 nitrogen and oxygen atoms in total. The first-order valence-electron chi connectivity index (χ1n) is 5.10. The summed E-state index contributed by atoms with van der Waals surface area (Å²) >= 11 is 0. The van der Waals surface area contributed by atoms with Crippen molar-refractivity contribution in [2.75, 3.05) is 6.54 Å². The number of nitrogens with two attached hydrogens (primary N) is 1. The minimum Gasteiger partial charge on any atom is -0.338 e. The highest BCUT2D eigenvalue weighted by molar-refractivity contribution is 5.81. The van der Waals surface area contributed by atoms with Crippen molar-refractivity contribution in [3.05, 3.63) is 0 Å². The lowest BCUT2D eigenvalue weighted by atomic mass is 10.0. The summed E-state index contributed by atoms with van der Waals surface area (Å²) in [5.41, 5.74) is 5.59. The second kappa shape index (κ2) is 4.09. The minimum absolute atomic E-state index is 0.108. The van der Waals surface area contributed by atoms with Crippen molar-refractivity contribution in [2.24, 2.45) is 11.7 Å². The van der Waals surface area contributed by atoms with E-state index in [0.717, 1.165) is 19.4 Å². The maximum Gasteiger partial charge on any atom is 0.239 e. The standard InChI is InChI=1S/C10H20N2O/c1-7(2)9-5-4-6-12(9)10(13)8(3)11/h7-9H,4-6,11H2,1-3H3. The Kier molecular flexibility index (Phi) is 3.31. The van der Waals surface area contributed by atoms with Crippen LogP contribution in [0.5, 0.6) is 0 Å². The van der Waals surface area contributed by atoms with E-state index in [1.165, 1.54) is 0 Å². The van der Waals surface area contributed by atoms with Gasteiger partial charge in [0, 0.05) is 12.6 Å². The predicted molar refractivity (Wildman–Crippen MR) is 53.2 cm³/mol. The zero-order chi connectivity index (χ0) is 10.0. The smallest absolute Gasteiger partial charge is 0.239 e. The van der Waals surface area contributed by atoms with Crippen molar-refractivity contribution in [1.82, 2.24) is 4.90 Å².